The van der Waals surface area contributed by atoms with Gasteiger partial charge in [0.15, 0.2) is 0 Å². The number of rotatable bonds is 5. The Hall–Kier alpha value is -0.860. The molecule has 1 aromatic carbocycles. The van der Waals surface area contributed by atoms with Crippen molar-refractivity contribution < 1.29 is 10.2 Å². The van der Waals surface area contributed by atoms with Crippen LogP contribution in [0.3, 0.4) is 0 Å². The van der Waals surface area contributed by atoms with Crippen molar-refractivity contribution >= 4 is 0 Å². The quantitative estimate of drug-likeness (QED) is 0.749. The molecule has 0 radical (unpaired) electrons. The number of aliphatic hydroxyl groups excluding tert-OH is 2. The van der Waals surface area contributed by atoms with Crippen LogP contribution in [0, 0.1) is 0 Å². The van der Waals surface area contributed by atoms with Gasteiger partial charge in [-0.15, -0.1) is 0 Å². The molecule has 0 atom stereocenters. The molecule has 0 aliphatic rings. The fraction of sp³-hybridized carbons (Fsp3) is 0.500. The van der Waals surface area contributed by atoms with Crippen molar-refractivity contribution in [1.29, 1.82) is 0 Å². The first-order valence-corrected chi connectivity index (χ1v) is 5.12. The summed E-state index contributed by atoms with van der Waals surface area (Å²) in [6, 6.07) is 8.11. The smallest absolute Gasteiger partial charge is 0.0521 e. The van der Waals surface area contributed by atoms with E-state index in [0.29, 0.717) is 0 Å². The van der Waals surface area contributed by atoms with Crippen LogP contribution in [-0.2, 0) is 6.42 Å². The average Bonchev–Trinajstić information content (AvgIpc) is 2.23. The minimum absolute atomic E-state index is 0.00360. The van der Waals surface area contributed by atoms with E-state index >= 15 is 0 Å². The van der Waals surface area contributed by atoms with Crippen LogP contribution in [0.5, 0.6) is 0 Å². The van der Waals surface area contributed by atoms with E-state index in [0.717, 1.165) is 18.4 Å². The van der Waals surface area contributed by atoms with Gasteiger partial charge in [-0.2, -0.15) is 0 Å². The highest BCUT2D eigenvalue weighted by Gasteiger charge is 2.07. The molecule has 0 aliphatic carbocycles. The number of benzene rings is 1. The average molecular weight is 194 g/mol. The van der Waals surface area contributed by atoms with Crippen molar-refractivity contribution in [3.05, 3.63) is 35.4 Å². The summed E-state index contributed by atoms with van der Waals surface area (Å²) in [6.07, 6.45) is 2.23. The fourth-order valence-corrected chi connectivity index (χ4v) is 1.51. The zero-order valence-electron chi connectivity index (χ0n) is 8.61. The molecule has 0 aliphatic heterocycles. The van der Waals surface area contributed by atoms with Crippen molar-refractivity contribution in [2.45, 2.75) is 25.7 Å². The van der Waals surface area contributed by atoms with Crippen LogP contribution in [0.2, 0.25) is 0 Å². The summed E-state index contributed by atoms with van der Waals surface area (Å²) in [7, 11) is 0. The molecule has 0 fully saturated rings. The van der Waals surface area contributed by atoms with Gasteiger partial charge in [-0.1, -0.05) is 37.6 Å². The van der Waals surface area contributed by atoms with Crippen molar-refractivity contribution in [2.24, 2.45) is 0 Å². The zero-order valence-corrected chi connectivity index (χ0v) is 8.61. The molecule has 2 nitrogen and oxygen atoms in total. The summed E-state index contributed by atoms with van der Waals surface area (Å²) in [5, 5.41) is 18.0. The normalized spacial score (nSPS) is 10.9. The van der Waals surface area contributed by atoms with E-state index in [4.69, 9.17) is 10.2 Å². The Bertz CT molecular complexity index is 250. The summed E-state index contributed by atoms with van der Waals surface area (Å²) >= 11 is 0. The third-order valence-corrected chi connectivity index (χ3v) is 2.43. The molecule has 2 heteroatoms. The van der Waals surface area contributed by atoms with Gasteiger partial charge in [0.1, 0.15) is 0 Å². The summed E-state index contributed by atoms with van der Waals surface area (Å²) in [4.78, 5) is 0. The van der Waals surface area contributed by atoms with Crippen LogP contribution in [0.4, 0.5) is 0 Å². The maximum Gasteiger partial charge on any atom is 0.0521 e. The van der Waals surface area contributed by atoms with Crippen LogP contribution < -0.4 is 0 Å². The first kappa shape index (κ1) is 11.2. The third-order valence-electron chi connectivity index (χ3n) is 2.43. The summed E-state index contributed by atoms with van der Waals surface area (Å²) in [5.41, 5.74) is 2.32. The molecular weight excluding hydrogens is 176 g/mol. The van der Waals surface area contributed by atoms with Crippen molar-refractivity contribution in [3.63, 3.8) is 0 Å². The Labute approximate surface area is 85.2 Å². The van der Waals surface area contributed by atoms with Gasteiger partial charge in [-0.3, -0.25) is 0 Å². The number of aryl methyl sites for hydroxylation is 1. The lowest BCUT2D eigenvalue weighted by Crippen LogP contribution is -2.08. The molecule has 1 rings (SSSR count). The van der Waals surface area contributed by atoms with Crippen LogP contribution >= 0.6 is 0 Å². The van der Waals surface area contributed by atoms with Gasteiger partial charge in [0.2, 0.25) is 0 Å². The summed E-state index contributed by atoms with van der Waals surface area (Å²) in [5.74, 6) is -0.134. The molecule has 2 N–H and O–H groups in total. The van der Waals surface area contributed by atoms with Crippen LogP contribution in [0.15, 0.2) is 24.3 Å². The first-order chi connectivity index (χ1) is 6.81. The zero-order chi connectivity index (χ0) is 10.4. The molecule has 78 valence electrons. The monoisotopic (exact) mass is 194 g/mol. The highest BCUT2D eigenvalue weighted by atomic mass is 16.3. The number of aliphatic hydroxyl groups is 2. The Morgan fingerprint density at radius 1 is 1.07 bits per heavy atom. The second kappa shape index (κ2) is 5.78. The molecule has 14 heavy (non-hydrogen) atoms. The maximum atomic E-state index is 8.99. The van der Waals surface area contributed by atoms with Crippen LogP contribution in [0.25, 0.3) is 0 Å². The molecule has 0 saturated heterocycles. The number of hydrogen-bond acceptors (Lipinski definition) is 2. The predicted octanol–water partition coefficient (Wildman–Crippen LogP) is 1.71. The first-order valence-electron chi connectivity index (χ1n) is 5.12. The second-order valence-corrected chi connectivity index (χ2v) is 3.55. The van der Waals surface area contributed by atoms with E-state index in [2.05, 4.69) is 19.1 Å². The van der Waals surface area contributed by atoms with Gasteiger partial charge in [-0.05, 0) is 17.5 Å². The molecular formula is C12H18O2. The Morgan fingerprint density at radius 2 is 1.64 bits per heavy atom. The van der Waals surface area contributed by atoms with Crippen LogP contribution in [0.1, 0.15) is 30.4 Å². The van der Waals surface area contributed by atoms with Gasteiger partial charge in [0, 0.05) is 5.92 Å². The molecule has 0 amide bonds. The highest BCUT2D eigenvalue weighted by Crippen LogP contribution is 2.15. The van der Waals surface area contributed by atoms with Gasteiger partial charge in [-0.25, -0.2) is 0 Å². The third kappa shape index (κ3) is 2.82. The second-order valence-electron chi connectivity index (χ2n) is 3.55. The van der Waals surface area contributed by atoms with Gasteiger partial charge < -0.3 is 10.2 Å². The molecule has 0 heterocycles. The van der Waals surface area contributed by atoms with E-state index in [9.17, 15) is 0 Å². The standard InChI is InChI=1S/C12H18O2/c1-2-3-10-4-6-11(7-5-10)12(8-13)9-14/h4-7,12-14H,2-3,8-9H2,1H3. The molecule has 0 bridgehead atoms. The van der Waals surface area contributed by atoms with Crippen molar-refractivity contribution in [2.75, 3.05) is 13.2 Å². The van der Waals surface area contributed by atoms with E-state index in [1.807, 2.05) is 12.1 Å². The Kier molecular flexibility index (Phi) is 4.63. The maximum absolute atomic E-state index is 8.99. The topological polar surface area (TPSA) is 40.5 Å². The molecule has 0 spiro atoms. The summed E-state index contributed by atoms with van der Waals surface area (Å²) < 4.78 is 0. The fourth-order valence-electron chi connectivity index (χ4n) is 1.51. The number of hydrogen-bond donors (Lipinski definition) is 2. The van der Waals surface area contributed by atoms with Gasteiger partial charge in [0.05, 0.1) is 13.2 Å². The SMILES string of the molecule is CCCc1ccc(C(CO)CO)cc1. The Balaban J connectivity index is 2.71. The largest absolute Gasteiger partial charge is 0.396 e. The molecule has 0 unspecified atom stereocenters. The van der Waals surface area contributed by atoms with E-state index in [1.165, 1.54) is 5.56 Å². The minimum atomic E-state index is -0.134. The van der Waals surface area contributed by atoms with E-state index < -0.39 is 0 Å². The lowest BCUT2D eigenvalue weighted by atomic mass is 9.98. The van der Waals surface area contributed by atoms with Gasteiger partial charge in [0.25, 0.3) is 0 Å². The predicted molar refractivity (Wildman–Crippen MR) is 57.3 cm³/mol. The lowest BCUT2D eigenvalue weighted by Gasteiger charge is -2.11. The minimum Gasteiger partial charge on any atom is -0.396 e. The van der Waals surface area contributed by atoms with E-state index in [1.54, 1.807) is 0 Å². The van der Waals surface area contributed by atoms with E-state index in [-0.39, 0.29) is 19.1 Å². The Morgan fingerprint density at radius 3 is 2.07 bits per heavy atom. The molecule has 0 aromatic heterocycles. The van der Waals surface area contributed by atoms with Crippen molar-refractivity contribution in [3.8, 4) is 0 Å². The molecule has 1 aromatic rings. The summed E-state index contributed by atoms with van der Waals surface area (Å²) in [6.45, 7) is 2.16. The highest BCUT2D eigenvalue weighted by molar-refractivity contribution is 5.25. The van der Waals surface area contributed by atoms with Crippen LogP contribution in [-0.4, -0.2) is 23.4 Å². The lowest BCUT2D eigenvalue weighted by molar-refractivity contribution is 0.192. The van der Waals surface area contributed by atoms with Crippen molar-refractivity contribution in [1.82, 2.24) is 0 Å². The molecule has 0 saturated carbocycles. The van der Waals surface area contributed by atoms with Gasteiger partial charge >= 0.3 is 0 Å².